The first-order chi connectivity index (χ1) is 5.36. The predicted molar refractivity (Wildman–Crippen MR) is 41.9 cm³/mol. The summed E-state index contributed by atoms with van der Waals surface area (Å²) in [6, 6.07) is 3.78. The van der Waals surface area contributed by atoms with Crippen LogP contribution in [0.3, 0.4) is 0 Å². The highest BCUT2D eigenvalue weighted by Gasteiger charge is 2.15. The highest BCUT2D eigenvalue weighted by atomic mass is 16.3. The molecule has 1 unspecified atom stereocenters. The molecule has 0 aromatic carbocycles. The van der Waals surface area contributed by atoms with Crippen LogP contribution in [0.15, 0.2) is 28.9 Å². The van der Waals surface area contributed by atoms with Crippen LogP contribution in [0, 0.1) is 0 Å². The van der Waals surface area contributed by atoms with Gasteiger partial charge in [-0.05, 0) is 36.6 Å². The molecule has 2 heteroatoms. The van der Waals surface area contributed by atoms with Crippen LogP contribution in [0.4, 0.5) is 0 Å². The lowest BCUT2D eigenvalue weighted by molar-refractivity contribution is 0.223. The lowest BCUT2D eigenvalue weighted by Gasteiger charge is -1.92. The highest BCUT2D eigenvalue weighted by molar-refractivity contribution is 5.63. The third kappa shape index (κ3) is 1.21. The minimum Gasteiger partial charge on any atom is -0.465 e. The van der Waals surface area contributed by atoms with Gasteiger partial charge in [0.15, 0.2) is 0 Å². The van der Waals surface area contributed by atoms with E-state index in [1.165, 1.54) is 0 Å². The molecule has 11 heavy (non-hydrogen) atoms. The summed E-state index contributed by atoms with van der Waals surface area (Å²) in [6.07, 6.45) is 5.00. The number of aliphatic hydroxyl groups is 1. The Labute approximate surface area is 65.1 Å². The first kappa shape index (κ1) is 6.68. The van der Waals surface area contributed by atoms with E-state index in [0.717, 1.165) is 24.2 Å². The van der Waals surface area contributed by atoms with Gasteiger partial charge in [-0.25, -0.2) is 0 Å². The molecule has 1 aliphatic carbocycles. The summed E-state index contributed by atoms with van der Waals surface area (Å²) in [5.41, 5.74) is 1.13. The lowest BCUT2D eigenvalue weighted by Crippen LogP contribution is -1.93. The summed E-state index contributed by atoms with van der Waals surface area (Å²) < 4.78 is 5.19. The Hall–Kier alpha value is -1.02. The van der Waals surface area contributed by atoms with Gasteiger partial charge in [0.1, 0.15) is 5.76 Å². The second-order valence-corrected chi connectivity index (χ2v) is 2.78. The van der Waals surface area contributed by atoms with Gasteiger partial charge >= 0.3 is 0 Å². The molecule has 0 saturated heterocycles. The monoisotopic (exact) mass is 150 g/mol. The number of furan rings is 1. The largest absolute Gasteiger partial charge is 0.465 e. The molecule has 2 nitrogen and oxygen atoms in total. The quantitative estimate of drug-likeness (QED) is 0.662. The van der Waals surface area contributed by atoms with Gasteiger partial charge in [-0.2, -0.15) is 0 Å². The summed E-state index contributed by atoms with van der Waals surface area (Å²) in [5.74, 6) is 0.890. The maximum Gasteiger partial charge on any atom is 0.129 e. The lowest BCUT2D eigenvalue weighted by atomic mass is 10.2. The molecule has 0 bridgehead atoms. The number of hydrogen-bond acceptors (Lipinski definition) is 2. The average Bonchev–Trinajstić information content (AvgIpc) is 2.55. The normalized spacial score (nSPS) is 23.7. The van der Waals surface area contributed by atoms with Crippen LogP contribution in [-0.2, 0) is 0 Å². The fourth-order valence-corrected chi connectivity index (χ4v) is 1.37. The van der Waals surface area contributed by atoms with Gasteiger partial charge in [0.25, 0.3) is 0 Å². The van der Waals surface area contributed by atoms with Crippen molar-refractivity contribution >= 4 is 5.57 Å². The Morgan fingerprint density at radius 3 is 3.00 bits per heavy atom. The fraction of sp³-hybridized carbons (Fsp3) is 0.333. The van der Waals surface area contributed by atoms with Crippen LogP contribution in [0.1, 0.15) is 18.6 Å². The van der Waals surface area contributed by atoms with Crippen molar-refractivity contribution in [1.82, 2.24) is 0 Å². The average molecular weight is 150 g/mol. The second kappa shape index (κ2) is 2.55. The summed E-state index contributed by atoms with van der Waals surface area (Å²) in [5, 5.41) is 9.18. The van der Waals surface area contributed by atoms with Crippen LogP contribution in [0.2, 0.25) is 0 Å². The minimum absolute atomic E-state index is 0.268. The molecule has 1 aromatic rings. The number of aliphatic hydroxyl groups excluding tert-OH is 1. The van der Waals surface area contributed by atoms with Gasteiger partial charge in [-0.15, -0.1) is 0 Å². The number of rotatable bonds is 1. The van der Waals surface area contributed by atoms with E-state index in [-0.39, 0.29) is 6.10 Å². The van der Waals surface area contributed by atoms with E-state index in [1.807, 2.05) is 18.2 Å². The zero-order chi connectivity index (χ0) is 7.68. The van der Waals surface area contributed by atoms with E-state index in [2.05, 4.69) is 0 Å². The van der Waals surface area contributed by atoms with Gasteiger partial charge in [0.2, 0.25) is 0 Å². The van der Waals surface area contributed by atoms with Gasteiger partial charge in [-0.3, -0.25) is 0 Å². The zero-order valence-corrected chi connectivity index (χ0v) is 6.16. The van der Waals surface area contributed by atoms with E-state index in [1.54, 1.807) is 6.26 Å². The summed E-state index contributed by atoms with van der Waals surface area (Å²) >= 11 is 0. The molecule has 2 rings (SSSR count). The molecule has 0 saturated carbocycles. The van der Waals surface area contributed by atoms with Gasteiger partial charge in [-0.1, -0.05) is 0 Å². The van der Waals surface area contributed by atoms with E-state index >= 15 is 0 Å². The van der Waals surface area contributed by atoms with Gasteiger partial charge in [0.05, 0.1) is 12.4 Å². The van der Waals surface area contributed by atoms with Crippen molar-refractivity contribution in [1.29, 1.82) is 0 Å². The van der Waals surface area contributed by atoms with E-state index in [9.17, 15) is 5.11 Å². The third-order valence-electron chi connectivity index (χ3n) is 1.94. The third-order valence-corrected chi connectivity index (χ3v) is 1.94. The van der Waals surface area contributed by atoms with E-state index in [0.29, 0.717) is 0 Å². The SMILES string of the molecule is OC1C=C(c2ccco2)CC1. The van der Waals surface area contributed by atoms with Crippen LogP contribution in [-0.4, -0.2) is 11.2 Å². The molecule has 0 aliphatic heterocycles. The molecule has 0 spiro atoms. The Kier molecular flexibility index (Phi) is 1.55. The first-order valence-electron chi connectivity index (χ1n) is 3.79. The Balaban J connectivity index is 2.25. The van der Waals surface area contributed by atoms with Crippen molar-refractivity contribution in [3.8, 4) is 0 Å². The predicted octanol–water partition coefficient (Wildman–Crippen LogP) is 1.82. The van der Waals surface area contributed by atoms with Crippen molar-refractivity contribution in [2.75, 3.05) is 0 Å². The first-order valence-corrected chi connectivity index (χ1v) is 3.79. The van der Waals surface area contributed by atoms with Crippen LogP contribution >= 0.6 is 0 Å². The molecule has 1 N–H and O–H groups in total. The summed E-state index contributed by atoms with van der Waals surface area (Å²) in [7, 11) is 0. The van der Waals surface area contributed by atoms with Gasteiger partial charge < -0.3 is 9.52 Å². The molecule has 1 heterocycles. The van der Waals surface area contributed by atoms with Crippen LogP contribution in [0.25, 0.3) is 5.57 Å². The maximum absolute atomic E-state index is 9.18. The fourth-order valence-electron chi connectivity index (χ4n) is 1.37. The Bertz CT molecular complexity index is 259. The van der Waals surface area contributed by atoms with Crippen molar-refractivity contribution in [2.45, 2.75) is 18.9 Å². The van der Waals surface area contributed by atoms with Crippen LogP contribution < -0.4 is 0 Å². The zero-order valence-electron chi connectivity index (χ0n) is 6.16. The molecule has 58 valence electrons. The minimum atomic E-state index is -0.268. The number of hydrogen-bond donors (Lipinski definition) is 1. The Morgan fingerprint density at radius 1 is 1.55 bits per heavy atom. The summed E-state index contributed by atoms with van der Waals surface area (Å²) in [4.78, 5) is 0. The second-order valence-electron chi connectivity index (χ2n) is 2.78. The van der Waals surface area contributed by atoms with E-state index < -0.39 is 0 Å². The topological polar surface area (TPSA) is 33.4 Å². The van der Waals surface area contributed by atoms with E-state index in [4.69, 9.17) is 4.42 Å². The standard InChI is InChI=1S/C9H10O2/c10-8-4-3-7(6-8)9-2-1-5-11-9/h1-2,5-6,8,10H,3-4H2. The van der Waals surface area contributed by atoms with Gasteiger partial charge in [0, 0.05) is 0 Å². The molecule has 0 fully saturated rings. The summed E-state index contributed by atoms with van der Waals surface area (Å²) in [6.45, 7) is 0. The highest BCUT2D eigenvalue weighted by Crippen LogP contribution is 2.27. The maximum atomic E-state index is 9.18. The molecule has 1 aromatic heterocycles. The molecule has 1 aliphatic rings. The molecular weight excluding hydrogens is 140 g/mol. The molecular formula is C9H10O2. The smallest absolute Gasteiger partial charge is 0.129 e. The van der Waals surface area contributed by atoms with Crippen molar-refractivity contribution in [3.05, 3.63) is 30.2 Å². The molecule has 0 radical (unpaired) electrons. The molecule has 0 amide bonds. The van der Waals surface area contributed by atoms with Crippen LogP contribution in [0.5, 0.6) is 0 Å². The Morgan fingerprint density at radius 2 is 2.45 bits per heavy atom. The van der Waals surface area contributed by atoms with Crippen molar-refractivity contribution < 1.29 is 9.52 Å². The van der Waals surface area contributed by atoms with Crippen molar-refractivity contribution in [3.63, 3.8) is 0 Å². The van der Waals surface area contributed by atoms with Crippen molar-refractivity contribution in [2.24, 2.45) is 0 Å². The molecule has 1 atom stereocenters. The number of allylic oxidation sites excluding steroid dienone is 1.